The Labute approximate surface area is 85.8 Å². The molecule has 0 saturated heterocycles. The summed E-state index contributed by atoms with van der Waals surface area (Å²) >= 11 is 0. The van der Waals surface area contributed by atoms with Crippen molar-refractivity contribution in [3.8, 4) is 0 Å². The van der Waals surface area contributed by atoms with Crippen LogP contribution in [0.15, 0.2) is 12.2 Å². The maximum Gasteiger partial charge on any atom is 1.00 e. The molecule has 0 bridgehead atoms. The van der Waals surface area contributed by atoms with E-state index >= 15 is 0 Å². The number of carboxylic acid groups (broad SMARTS) is 1. The maximum absolute atomic E-state index is 9.60. The van der Waals surface area contributed by atoms with Crippen LogP contribution in [0, 0.1) is 0 Å². The average Bonchev–Trinajstić information content (AvgIpc) is 1.36. The largest absolute Gasteiger partial charge is 1.00 e. The zero-order valence-corrected chi connectivity index (χ0v) is 7.56. The van der Waals surface area contributed by atoms with Gasteiger partial charge in [-0.25, -0.2) is 4.79 Å². The first kappa shape index (κ1) is 15.9. The summed E-state index contributed by atoms with van der Waals surface area (Å²) < 4.78 is 0. The van der Waals surface area contributed by atoms with E-state index in [1.165, 1.54) is 6.92 Å². The van der Waals surface area contributed by atoms with Gasteiger partial charge in [-0.15, -0.1) is 0 Å². The summed E-state index contributed by atoms with van der Waals surface area (Å²) in [5, 5.41) is 7.89. The fraction of sp³-hybridized carbons (Fsp3) is 0.250. The average molecular weight is 118 g/mol. The van der Waals surface area contributed by atoms with Gasteiger partial charge in [-0.3, -0.25) is 0 Å². The van der Waals surface area contributed by atoms with Crippen LogP contribution in [0.3, 0.4) is 0 Å². The molecule has 1 N–H and O–H groups in total. The van der Waals surface area contributed by atoms with E-state index in [-0.39, 0.29) is 56.8 Å². The van der Waals surface area contributed by atoms with Crippen molar-refractivity contribution in [1.29, 1.82) is 0 Å². The van der Waals surface area contributed by atoms with Crippen LogP contribution < -0.4 is 48.4 Å². The number of carbonyl (C=O) groups is 1. The van der Waals surface area contributed by atoms with Gasteiger partial charge in [0.25, 0.3) is 0 Å². The van der Waals surface area contributed by atoms with Gasteiger partial charge in [0.05, 0.1) is 0 Å². The van der Waals surface area contributed by atoms with Gasteiger partial charge in [0, 0.05) is 5.57 Å². The Balaban J connectivity index is -0.0000000208. The van der Waals surface area contributed by atoms with E-state index in [4.69, 9.17) is 5.11 Å². The summed E-state index contributed by atoms with van der Waals surface area (Å²) in [4.78, 5) is 9.60. The Morgan fingerprint density at radius 1 is 1.75 bits per heavy atom. The van der Waals surface area contributed by atoms with E-state index in [1.54, 1.807) is 0 Å². The Hall–Kier alpha value is 0.807. The molecule has 0 aliphatic rings. The molecule has 0 rings (SSSR count). The summed E-state index contributed by atoms with van der Waals surface area (Å²) in [6.07, 6.45) is 0. The molecule has 0 amide bonds. The van der Waals surface area contributed by atoms with Gasteiger partial charge < -0.3 is 7.96 Å². The second-order valence-electron chi connectivity index (χ2n) is 1.09. The molecule has 0 atom stereocenters. The summed E-state index contributed by atoms with van der Waals surface area (Å²) in [5.41, 5.74) is 0.176. The molecule has 0 heterocycles. The van der Waals surface area contributed by atoms with Crippen LogP contribution in [-0.4, -0.2) is 11.1 Å². The van der Waals surface area contributed by atoms with Crippen LogP contribution in [0.2, 0.25) is 0 Å². The minimum atomic E-state index is -0.935. The molecule has 4 heteroatoms. The molecule has 2 nitrogen and oxygen atoms in total. The standard InChI is InChI=1S/C4H6O2.Li.Na.2H/c1-3(2)4(5)6;;;;/h1H2,2H3,(H,5,6);;;;/q;2*+1;2*-1. The van der Waals surface area contributed by atoms with E-state index in [1.807, 2.05) is 0 Å². The molecular formula is C4H8LiNaO2. The first-order chi connectivity index (χ1) is 2.64. The van der Waals surface area contributed by atoms with Gasteiger partial charge in [-0.05, 0) is 6.92 Å². The molecule has 38 valence electrons. The van der Waals surface area contributed by atoms with Crippen molar-refractivity contribution in [3.63, 3.8) is 0 Å². The molecule has 0 aromatic carbocycles. The molecule has 0 fully saturated rings. The van der Waals surface area contributed by atoms with Crippen LogP contribution in [0.1, 0.15) is 9.78 Å². The molecule has 0 aromatic heterocycles. The first-order valence-electron chi connectivity index (χ1n) is 1.53. The van der Waals surface area contributed by atoms with Crippen LogP contribution in [-0.2, 0) is 4.79 Å². The second kappa shape index (κ2) is 7.81. The third kappa shape index (κ3) is 9.93. The van der Waals surface area contributed by atoms with Gasteiger partial charge in [0.15, 0.2) is 0 Å². The van der Waals surface area contributed by atoms with E-state index in [0.717, 1.165) is 0 Å². The van der Waals surface area contributed by atoms with E-state index in [2.05, 4.69) is 6.58 Å². The Morgan fingerprint density at radius 3 is 1.88 bits per heavy atom. The number of hydrogen-bond acceptors (Lipinski definition) is 1. The molecule has 0 aliphatic heterocycles. The zero-order valence-electron chi connectivity index (χ0n) is 7.56. The van der Waals surface area contributed by atoms with Crippen molar-refractivity contribution in [2.24, 2.45) is 0 Å². The molecule has 8 heavy (non-hydrogen) atoms. The van der Waals surface area contributed by atoms with Crippen LogP contribution >= 0.6 is 0 Å². The molecule has 0 radical (unpaired) electrons. The molecule has 0 unspecified atom stereocenters. The normalized spacial score (nSPS) is 5.62. The monoisotopic (exact) mass is 118 g/mol. The van der Waals surface area contributed by atoms with E-state index in [0.29, 0.717) is 0 Å². The van der Waals surface area contributed by atoms with Crippen molar-refractivity contribution in [2.75, 3.05) is 0 Å². The third-order valence-electron chi connectivity index (χ3n) is 0.365. The van der Waals surface area contributed by atoms with Gasteiger partial charge >= 0.3 is 54.4 Å². The minimum absolute atomic E-state index is 0. The van der Waals surface area contributed by atoms with E-state index < -0.39 is 5.97 Å². The Morgan fingerprint density at radius 2 is 1.88 bits per heavy atom. The van der Waals surface area contributed by atoms with Crippen molar-refractivity contribution in [2.45, 2.75) is 6.92 Å². The van der Waals surface area contributed by atoms with Crippen LogP contribution in [0.25, 0.3) is 0 Å². The molecule has 0 aliphatic carbocycles. The zero-order chi connectivity index (χ0) is 5.15. The summed E-state index contributed by atoms with van der Waals surface area (Å²) in [5.74, 6) is -0.935. The third-order valence-corrected chi connectivity index (χ3v) is 0.365. The van der Waals surface area contributed by atoms with Crippen molar-refractivity contribution >= 4 is 5.97 Å². The van der Waals surface area contributed by atoms with Crippen LogP contribution in [0.4, 0.5) is 0 Å². The predicted molar refractivity (Wildman–Crippen MR) is 24.7 cm³/mol. The summed E-state index contributed by atoms with van der Waals surface area (Å²) in [7, 11) is 0. The summed E-state index contributed by atoms with van der Waals surface area (Å²) in [6.45, 7) is 4.60. The molecular weight excluding hydrogens is 110 g/mol. The molecule has 0 spiro atoms. The van der Waals surface area contributed by atoms with Gasteiger partial charge in [-0.1, -0.05) is 6.58 Å². The van der Waals surface area contributed by atoms with Gasteiger partial charge in [-0.2, -0.15) is 0 Å². The first-order valence-corrected chi connectivity index (χ1v) is 1.53. The van der Waals surface area contributed by atoms with Crippen molar-refractivity contribution < 1.29 is 61.2 Å². The Bertz CT molecular complexity index is 87.3. The van der Waals surface area contributed by atoms with E-state index in [9.17, 15) is 4.79 Å². The number of rotatable bonds is 1. The SMILES string of the molecule is C=C(C)C(=O)O.[H-].[H-].[Li+].[Na+]. The smallest absolute Gasteiger partial charge is 1.00 e. The Kier molecular flexibility index (Phi) is 15.5. The molecule has 0 saturated carbocycles. The van der Waals surface area contributed by atoms with Gasteiger partial charge in [0.1, 0.15) is 0 Å². The van der Waals surface area contributed by atoms with Gasteiger partial charge in [0.2, 0.25) is 0 Å². The quantitative estimate of drug-likeness (QED) is 0.276. The second-order valence-corrected chi connectivity index (χ2v) is 1.09. The van der Waals surface area contributed by atoms with Crippen LogP contribution in [0.5, 0.6) is 0 Å². The number of carboxylic acids is 1. The number of aliphatic carboxylic acids is 1. The number of hydrogen-bond donors (Lipinski definition) is 1. The summed E-state index contributed by atoms with van der Waals surface area (Å²) in [6, 6.07) is 0. The predicted octanol–water partition coefficient (Wildman–Crippen LogP) is -5.12. The minimum Gasteiger partial charge on any atom is -1.00 e. The molecule has 0 aromatic rings. The fourth-order valence-electron chi connectivity index (χ4n) is 0. The maximum atomic E-state index is 9.60. The van der Waals surface area contributed by atoms with Crippen molar-refractivity contribution in [1.82, 2.24) is 0 Å². The van der Waals surface area contributed by atoms with Crippen molar-refractivity contribution in [3.05, 3.63) is 12.2 Å². The topological polar surface area (TPSA) is 37.3 Å². The fourth-order valence-corrected chi connectivity index (χ4v) is 0.